The van der Waals surface area contributed by atoms with Crippen LogP contribution in [0, 0.1) is 0 Å². The maximum Gasteiger partial charge on any atom is 0.408 e. The summed E-state index contributed by atoms with van der Waals surface area (Å²) in [5.74, 6) is 0.398. The van der Waals surface area contributed by atoms with Crippen LogP contribution in [0.4, 0.5) is 19.0 Å². The predicted molar refractivity (Wildman–Crippen MR) is 156 cm³/mol. The van der Waals surface area contributed by atoms with E-state index in [2.05, 4.69) is 26.8 Å². The van der Waals surface area contributed by atoms with Gasteiger partial charge in [-0.2, -0.15) is 28.4 Å². The van der Waals surface area contributed by atoms with Crippen LogP contribution in [0.25, 0.3) is 10.9 Å². The smallest absolute Gasteiger partial charge is 0.408 e. The molecule has 3 aromatic rings. The Bertz CT molecular complexity index is 1520. The molecule has 42 heavy (non-hydrogen) atoms. The molecule has 10 nitrogen and oxygen atoms in total. The molecule has 0 aromatic carbocycles. The lowest BCUT2D eigenvalue weighted by Gasteiger charge is -2.41. The molecule has 4 rings (SSSR count). The second-order valence-corrected chi connectivity index (χ2v) is 12.4. The Morgan fingerprint density at radius 1 is 1.10 bits per heavy atom. The number of rotatable bonds is 7. The van der Waals surface area contributed by atoms with Crippen LogP contribution in [0.3, 0.4) is 0 Å². The van der Waals surface area contributed by atoms with Crippen molar-refractivity contribution in [1.29, 1.82) is 0 Å². The number of alkyl halides is 3. The van der Waals surface area contributed by atoms with Crippen molar-refractivity contribution in [2.24, 2.45) is 9.98 Å². The van der Waals surface area contributed by atoms with Gasteiger partial charge in [-0.05, 0) is 67.5 Å². The number of pyridine rings is 1. The van der Waals surface area contributed by atoms with E-state index in [9.17, 15) is 13.2 Å². The molecule has 2 atom stereocenters. The van der Waals surface area contributed by atoms with Gasteiger partial charge in [-0.15, -0.1) is 0 Å². The molecule has 1 aliphatic rings. The summed E-state index contributed by atoms with van der Waals surface area (Å²) >= 11 is 0. The summed E-state index contributed by atoms with van der Waals surface area (Å²) in [7, 11) is 1.82. The van der Waals surface area contributed by atoms with E-state index < -0.39 is 29.6 Å². The van der Waals surface area contributed by atoms with Crippen LogP contribution in [0.5, 0.6) is 0 Å². The number of ether oxygens (including phenoxy) is 2. The molecule has 3 aromatic heterocycles. The minimum absolute atomic E-state index is 0.173. The molecule has 0 radical (unpaired) electrons. The molecule has 0 amide bonds. The van der Waals surface area contributed by atoms with Crippen LogP contribution in [0.2, 0.25) is 0 Å². The fraction of sp³-hybridized carbons (Fsp3) is 0.552. The first kappa shape index (κ1) is 31.0. The van der Waals surface area contributed by atoms with Crippen molar-refractivity contribution in [2.45, 2.75) is 97.3 Å². The lowest BCUT2D eigenvalue weighted by molar-refractivity contribution is -0.141. The quantitative estimate of drug-likeness (QED) is 0.177. The van der Waals surface area contributed by atoms with E-state index in [0.29, 0.717) is 34.5 Å². The Kier molecular flexibility index (Phi) is 7.94. The monoisotopic (exact) mass is 588 g/mol. The van der Waals surface area contributed by atoms with Gasteiger partial charge in [0, 0.05) is 30.6 Å². The Morgan fingerprint density at radius 3 is 2.36 bits per heavy atom. The molecule has 0 saturated carbocycles. The highest BCUT2D eigenvalue weighted by molar-refractivity contribution is 6.02. The van der Waals surface area contributed by atoms with Gasteiger partial charge in [-0.3, -0.25) is 14.6 Å². The van der Waals surface area contributed by atoms with Crippen LogP contribution >= 0.6 is 0 Å². The van der Waals surface area contributed by atoms with Crippen molar-refractivity contribution in [1.82, 2.24) is 29.4 Å². The van der Waals surface area contributed by atoms with Crippen molar-refractivity contribution in [3.8, 4) is 0 Å². The van der Waals surface area contributed by atoms with Crippen LogP contribution in [0.1, 0.15) is 73.4 Å². The molecular weight excluding hydrogens is 549 g/mol. The number of fused-ring (bicyclic) bond motifs is 2. The topological polar surface area (TPSA) is 95.0 Å². The number of halogens is 3. The third-order valence-electron chi connectivity index (χ3n) is 6.71. The molecule has 0 spiro atoms. The van der Waals surface area contributed by atoms with E-state index in [1.165, 1.54) is 6.20 Å². The maximum absolute atomic E-state index is 13.2. The van der Waals surface area contributed by atoms with Gasteiger partial charge in [-0.25, -0.2) is 9.67 Å². The van der Waals surface area contributed by atoms with Crippen molar-refractivity contribution >= 4 is 28.5 Å². The molecule has 0 saturated heterocycles. The van der Waals surface area contributed by atoms with E-state index in [4.69, 9.17) is 14.5 Å². The summed E-state index contributed by atoms with van der Waals surface area (Å²) in [6, 6.07) is 3.69. The maximum atomic E-state index is 13.2. The first-order valence-electron chi connectivity index (χ1n) is 13.7. The van der Waals surface area contributed by atoms with Crippen LogP contribution < -0.4 is 0 Å². The van der Waals surface area contributed by atoms with Gasteiger partial charge in [0.05, 0.1) is 29.3 Å². The zero-order chi connectivity index (χ0) is 31.3. The number of nitrogens with zero attached hydrogens (tertiary/aromatic N) is 8. The third kappa shape index (κ3) is 6.44. The van der Waals surface area contributed by atoms with Crippen molar-refractivity contribution in [3.05, 3.63) is 48.9 Å². The van der Waals surface area contributed by atoms with Gasteiger partial charge < -0.3 is 9.47 Å². The number of hydrogen-bond donors (Lipinski definition) is 0. The zero-order valence-corrected chi connectivity index (χ0v) is 25.6. The van der Waals surface area contributed by atoms with E-state index >= 15 is 0 Å². The Hall–Kier alpha value is -3.90. The molecule has 13 heteroatoms. The predicted octanol–water partition coefficient (Wildman–Crippen LogP) is 6.53. The van der Waals surface area contributed by atoms with E-state index in [0.717, 1.165) is 4.68 Å². The van der Waals surface area contributed by atoms with Gasteiger partial charge in [0.15, 0.2) is 11.5 Å². The minimum atomic E-state index is -4.41. The first-order valence-corrected chi connectivity index (χ1v) is 13.7. The van der Waals surface area contributed by atoms with Gasteiger partial charge >= 0.3 is 6.18 Å². The Balaban J connectivity index is 1.81. The molecule has 0 aliphatic carbocycles. The van der Waals surface area contributed by atoms with E-state index in [-0.39, 0.29) is 17.8 Å². The molecule has 0 bridgehead atoms. The van der Waals surface area contributed by atoms with Gasteiger partial charge in [0.2, 0.25) is 5.88 Å². The lowest BCUT2D eigenvalue weighted by atomic mass is 9.87. The largest absolute Gasteiger partial charge is 0.472 e. The SMILES string of the molecule is C=C(/N=C(/OC(C)(C)C)N(C)C1(C)C([C@H](CC)c2cc3c(cn2)cnn3CC(F)(F)F)=Nc2ccnn21)OC(C)(C)C. The summed E-state index contributed by atoms with van der Waals surface area (Å²) < 4.78 is 54.7. The highest BCUT2D eigenvalue weighted by Crippen LogP contribution is 2.42. The van der Waals surface area contributed by atoms with Gasteiger partial charge in [0.1, 0.15) is 17.7 Å². The third-order valence-corrected chi connectivity index (χ3v) is 6.71. The second-order valence-electron chi connectivity index (χ2n) is 12.4. The van der Waals surface area contributed by atoms with Crippen molar-refractivity contribution in [3.63, 3.8) is 0 Å². The van der Waals surface area contributed by atoms with E-state index in [1.807, 2.05) is 67.3 Å². The molecule has 0 fully saturated rings. The molecule has 0 N–H and O–H groups in total. The standard InChI is InChI=1S/C29H39F3N8O2/c1-11-20(21-14-22-19(15-33-21)16-35-39(22)17-29(30,31)32)24-28(9,40-23(37-24)12-13-34-40)38(10)25(42-27(6,7)8)36-18(2)41-26(3,4)5/h12-16,20H,2,11,17H2,1,3-10H3/b36-25+/t20-,28?/m1/s1. The first-order chi connectivity index (χ1) is 19.3. The molecule has 1 aliphatic heterocycles. The molecule has 228 valence electrons. The van der Waals surface area contributed by atoms with Crippen molar-refractivity contribution in [2.75, 3.05) is 7.05 Å². The summed E-state index contributed by atoms with van der Waals surface area (Å²) in [5, 5.41) is 9.05. The van der Waals surface area contributed by atoms with Crippen molar-refractivity contribution < 1.29 is 22.6 Å². The van der Waals surface area contributed by atoms with Crippen LogP contribution in [-0.2, 0) is 21.7 Å². The molecule has 1 unspecified atom stereocenters. The normalized spacial score (nSPS) is 18.6. The number of aliphatic imine (C=N–C) groups is 2. The Morgan fingerprint density at radius 2 is 1.76 bits per heavy atom. The second kappa shape index (κ2) is 10.7. The van der Waals surface area contributed by atoms with Crippen LogP contribution in [0.15, 0.2) is 53.2 Å². The summed E-state index contributed by atoms with van der Waals surface area (Å²) in [6.07, 6.45) is 0.740. The summed E-state index contributed by atoms with van der Waals surface area (Å²) in [5.41, 5.74) is -0.598. The summed E-state index contributed by atoms with van der Waals surface area (Å²) in [4.78, 5) is 16.1. The fourth-order valence-electron chi connectivity index (χ4n) is 4.90. The fourth-order valence-corrected chi connectivity index (χ4v) is 4.90. The molecular formula is C29H39F3N8O2. The molecule has 4 heterocycles. The number of aromatic nitrogens is 5. The summed E-state index contributed by atoms with van der Waals surface area (Å²) in [6.45, 7) is 18.1. The zero-order valence-electron chi connectivity index (χ0n) is 25.6. The van der Waals surface area contributed by atoms with Gasteiger partial charge in [0.25, 0.3) is 6.02 Å². The average molecular weight is 589 g/mol. The van der Waals surface area contributed by atoms with Crippen LogP contribution in [-0.4, -0.2) is 65.6 Å². The highest BCUT2D eigenvalue weighted by atomic mass is 19.4. The lowest BCUT2D eigenvalue weighted by Crippen LogP contribution is -2.56. The minimum Gasteiger partial charge on any atom is -0.472 e. The Labute approximate surface area is 243 Å². The number of hydrogen-bond acceptors (Lipinski definition) is 7. The number of amidine groups is 1. The average Bonchev–Trinajstić information content (AvgIpc) is 3.52. The van der Waals surface area contributed by atoms with E-state index in [1.54, 1.807) is 29.2 Å². The highest BCUT2D eigenvalue weighted by Gasteiger charge is 2.49. The van der Waals surface area contributed by atoms with Gasteiger partial charge in [-0.1, -0.05) is 6.92 Å².